The molecule has 1 N–H and O–H groups in total. The molecule has 1 saturated heterocycles. The van der Waals surface area contributed by atoms with Crippen molar-refractivity contribution in [3.8, 4) is 17.0 Å². The van der Waals surface area contributed by atoms with Gasteiger partial charge in [0.1, 0.15) is 11.4 Å². The Labute approximate surface area is 126 Å². The summed E-state index contributed by atoms with van der Waals surface area (Å²) < 4.78 is 0. The van der Waals surface area contributed by atoms with E-state index in [1.807, 2.05) is 0 Å². The number of benzene rings is 1. The SMILES string of the molecule is CC(c1ccc(-c2ncccc2O)cc1)N1CCCCC1. The van der Waals surface area contributed by atoms with Gasteiger partial charge in [0, 0.05) is 17.8 Å². The summed E-state index contributed by atoms with van der Waals surface area (Å²) in [6.45, 7) is 4.67. The Morgan fingerprint density at radius 1 is 1.05 bits per heavy atom. The molecule has 1 aliphatic rings. The van der Waals surface area contributed by atoms with Crippen LogP contribution in [0.4, 0.5) is 0 Å². The van der Waals surface area contributed by atoms with Crippen molar-refractivity contribution in [2.45, 2.75) is 32.2 Å². The van der Waals surface area contributed by atoms with Crippen LogP contribution in [-0.2, 0) is 0 Å². The molecule has 3 nitrogen and oxygen atoms in total. The lowest BCUT2D eigenvalue weighted by molar-refractivity contribution is 0.175. The minimum absolute atomic E-state index is 0.231. The van der Waals surface area contributed by atoms with Crippen LogP contribution in [0.15, 0.2) is 42.6 Å². The van der Waals surface area contributed by atoms with Crippen LogP contribution in [0, 0.1) is 0 Å². The van der Waals surface area contributed by atoms with Gasteiger partial charge in [0.15, 0.2) is 0 Å². The van der Waals surface area contributed by atoms with Crippen molar-refractivity contribution in [1.82, 2.24) is 9.88 Å². The van der Waals surface area contributed by atoms with Gasteiger partial charge in [-0.1, -0.05) is 30.7 Å². The maximum absolute atomic E-state index is 9.88. The van der Waals surface area contributed by atoms with Crippen molar-refractivity contribution >= 4 is 0 Å². The molecular formula is C18H22N2O. The number of aromatic hydroxyl groups is 1. The summed E-state index contributed by atoms with van der Waals surface area (Å²) in [7, 11) is 0. The molecule has 0 spiro atoms. The minimum Gasteiger partial charge on any atom is -0.506 e. The molecule has 1 fully saturated rings. The van der Waals surface area contributed by atoms with Gasteiger partial charge in [0.05, 0.1) is 0 Å². The predicted octanol–water partition coefficient (Wildman–Crippen LogP) is 4.00. The molecular weight excluding hydrogens is 260 g/mol. The van der Waals surface area contributed by atoms with Gasteiger partial charge in [-0.3, -0.25) is 9.88 Å². The van der Waals surface area contributed by atoms with E-state index in [0.29, 0.717) is 11.7 Å². The van der Waals surface area contributed by atoms with E-state index in [-0.39, 0.29) is 5.75 Å². The standard InChI is InChI=1S/C18H22N2O/c1-14(20-12-3-2-4-13-20)15-7-9-16(10-8-15)18-17(21)6-5-11-19-18/h5-11,14,21H,2-4,12-13H2,1H3. The molecule has 1 unspecified atom stereocenters. The fourth-order valence-corrected chi connectivity index (χ4v) is 3.06. The largest absolute Gasteiger partial charge is 0.506 e. The Kier molecular flexibility index (Phi) is 4.20. The fourth-order valence-electron chi connectivity index (χ4n) is 3.06. The van der Waals surface area contributed by atoms with Gasteiger partial charge in [-0.15, -0.1) is 0 Å². The second-order valence-corrected chi connectivity index (χ2v) is 5.77. The van der Waals surface area contributed by atoms with Crippen molar-refractivity contribution in [2.24, 2.45) is 0 Å². The minimum atomic E-state index is 0.231. The molecule has 1 aromatic heterocycles. The maximum atomic E-state index is 9.88. The van der Waals surface area contributed by atoms with Crippen molar-refractivity contribution in [3.63, 3.8) is 0 Å². The molecule has 0 radical (unpaired) electrons. The first kappa shape index (κ1) is 14.1. The van der Waals surface area contributed by atoms with Gasteiger partial charge in [-0.25, -0.2) is 0 Å². The zero-order valence-corrected chi connectivity index (χ0v) is 12.5. The molecule has 2 aromatic rings. The van der Waals surface area contributed by atoms with E-state index in [1.165, 1.54) is 37.9 Å². The molecule has 110 valence electrons. The molecule has 0 amide bonds. The van der Waals surface area contributed by atoms with Crippen molar-refractivity contribution in [1.29, 1.82) is 0 Å². The summed E-state index contributed by atoms with van der Waals surface area (Å²) in [5.41, 5.74) is 2.94. The number of hydrogen-bond donors (Lipinski definition) is 1. The number of hydrogen-bond acceptors (Lipinski definition) is 3. The molecule has 1 atom stereocenters. The highest BCUT2D eigenvalue weighted by Gasteiger charge is 2.18. The van der Waals surface area contributed by atoms with Gasteiger partial charge in [-0.2, -0.15) is 0 Å². The summed E-state index contributed by atoms with van der Waals surface area (Å²) in [4.78, 5) is 6.80. The Balaban J connectivity index is 1.79. The number of likely N-dealkylation sites (tertiary alicyclic amines) is 1. The topological polar surface area (TPSA) is 36.4 Å². The van der Waals surface area contributed by atoms with Gasteiger partial charge < -0.3 is 5.11 Å². The molecule has 3 heteroatoms. The van der Waals surface area contributed by atoms with Crippen LogP contribution in [0.1, 0.15) is 37.8 Å². The van der Waals surface area contributed by atoms with Crippen LogP contribution >= 0.6 is 0 Å². The Hall–Kier alpha value is -1.87. The smallest absolute Gasteiger partial charge is 0.141 e. The summed E-state index contributed by atoms with van der Waals surface area (Å²) in [6, 6.07) is 12.3. The average molecular weight is 282 g/mol. The maximum Gasteiger partial charge on any atom is 0.141 e. The number of pyridine rings is 1. The molecule has 0 aliphatic carbocycles. The second kappa shape index (κ2) is 6.27. The number of rotatable bonds is 3. The average Bonchev–Trinajstić information content (AvgIpc) is 2.56. The van der Waals surface area contributed by atoms with Gasteiger partial charge >= 0.3 is 0 Å². The van der Waals surface area contributed by atoms with Gasteiger partial charge in [0.2, 0.25) is 0 Å². The summed E-state index contributed by atoms with van der Waals surface area (Å²) >= 11 is 0. The molecule has 1 aromatic carbocycles. The third-order valence-electron chi connectivity index (χ3n) is 4.39. The van der Waals surface area contributed by atoms with Gasteiger partial charge in [-0.05, 0) is 50.6 Å². The first-order valence-electron chi connectivity index (χ1n) is 7.74. The van der Waals surface area contributed by atoms with Crippen LogP contribution < -0.4 is 0 Å². The van der Waals surface area contributed by atoms with E-state index in [1.54, 1.807) is 18.3 Å². The highest BCUT2D eigenvalue weighted by Crippen LogP contribution is 2.29. The lowest BCUT2D eigenvalue weighted by Crippen LogP contribution is -2.32. The third kappa shape index (κ3) is 3.08. The summed E-state index contributed by atoms with van der Waals surface area (Å²) in [5.74, 6) is 0.231. The van der Waals surface area contributed by atoms with Crippen LogP contribution in [0.5, 0.6) is 5.75 Å². The van der Waals surface area contributed by atoms with Crippen LogP contribution in [0.25, 0.3) is 11.3 Å². The predicted molar refractivity (Wildman–Crippen MR) is 85.2 cm³/mol. The third-order valence-corrected chi connectivity index (χ3v) is 4.39. The quantitative estimate of drug-likeness (QED) is 0.924. The summed E-state index contributed by atoms with van der Waals surface area (Å²) in [5, 5.41) is 9.88. The second-order valence-electron chi connectivity index (χ2n) is 5.77. The number of piperidine rings is 1. The van der Waals surface area contributed by atoms with E-state index in [9.17, 15) is 5.11 Å². The summed E-state index contributed by atoms with van der Waals surface area (Å²) in [6.07, 6.45) is 5.69. The molecule has 0 saturated carbocycles. The number of aromatic nitrogens is 1. The lowest BCUT2D eigenvalue weighted by atomic mass is 10.0. The Morgan fingerprint density at radius 2 is 1.76 bits per heavy atom. The lowest BCUT2D eigenvalue weighted by Gasteiger charge is -2.32. The first-order chi connectivity index (χ1) is 10.3. The molecule has 1 aliphatic heterocycles. The van der Waals surface area contributed by atoms with E-state index >= 15 is 0 Å². The zero-order chi connectivity index (χ0) is 14.7. The van der Waals surface area contributed by atoms with E-state index in [4.69, 9.17) is 0 Å². The van der Waals surface area contributed by atoms with Crippen LogP contribution in [0.2, 0.25) is 0 Å². The molecule has 21 heavy (non-hydrogen) atoms. The Bertz CT molecular complexity index is 588. The van der Waals surface area contributed by atoms with Gasteiger partial charge in [0.25, 0.3) is 0 Å². The van der Waals surface area contributed by atoms with Crippen molar-refractivity contribution in [3.05, 3.63) is 48.2 Å². The molecule has 0 bridgehead atoms. The highest BCUT2D eigenvalue weighted by molar-refractivity contribution is 5.65. The van der Waals surface area contributed by atoms with E-state index in [2.05, 4.69) is 41.1 Å². The molecule has 3 rings (SSSR count). The van der Waals surface area contributed by atoms with Crippen LogP contribution in [-0.4, -0.2) is 28.1 Å². The van der Waals surface area contributed by atoms with Crippen molar-refractivity contribution in [2.75, 3.05) is 13.1 Å². The first-order valence-corrected chi connectivity index (χ1v) is 7.74. The molecule has 2 heterocycles. The number of nitrogens with zero attached hydrogens (tertiary/aromatic N) is 2. The highest BCUT2D eigenvalue weighted by atomic mass is 16.3. The van der Waals surface area contributed by atoms with Crippen LogP contribution in [0.3, 0.4) is 0 Å². The fraction of sp³-hybridized carbons (Fsp3) is 0.389. The van der Waals surface area contributed by atoms with E-state index in [0.717, 1.165) is 5.56 Å². The monoisotopic (exact) mass is 282 g/mol. The Morgan fingerprint density at radius 3 is 2.43 bits per heavy atom. The zero-order valence-electron chi connectivity index (χ0n) is 12.5. The van der Waals surface area contributed by atoms with Crippen molar-refractivity contribution < 1.29 is 5.11 Å². The van der Waals surface area contributed by atoms with E-state index < -0.39 is 0 Å². The normalized spacial score (nSPS) is 17.6.